The third-order valence-corrected chi connectivity index (χ3v) is 2.98. The monoisotopic (exact) mass is 229 g/mol. The summed E-state index contributed by atoms with van der Waals surface area (Å²) in [6, 6.07) is 0. The Bertz CT molecular complexity index is 237. The van der Waals surface area contributed by atoms with Crippen molar-refractivity contribution >= 4 is 23.2 Å². The predicted octanol–water partition coefficient (Wildman–Crippen LogP) is 0.468. The van der Waals surface area contributed by atoms with Gasteiger partial charge < -0.3 is 16.0 Å². The molecule has 1 amide bonds. The van der Waals surface area contributed by atoms with E-state index in [0.29, 0.717) is 5.11 Å². The largest absolute Gasteiger partial charge is 0.376 e. The molecule has 1 aliphatic heterocycles. The molecule has 3 N–H and O–H groups in total. The molecule has 0 bridgehead atoms. The second-order valence-corrected chi connectivity index (χ2v) is 4.31. The van der Waals surface area contributed by atoms with Gasteiger partial charge in [-0.05, 0) is 31.5 Å². The van der Waals surface area contributed by atoms with Crippen LogP contribution in [0.15, 0.2) is 0 Å². The molecule has 4 nitrogen and oxygen atoms in total. The SMILES string of the molecule is CCCNC(=O)C1CCN(C(N)=S)CC1. The van der Waals surface area contributed by atoms with Gasteiger partial charge in [0.1, 0.15) is 0 Å². The number of carbonyl (C=O) groups is 1. The number of nitrogens with two attached hydrogens (primary N) is 1. The van der Waals surface area contributed by atoms with E-state index in [1.807, 2.05) is 4.90 Å². The first-order valence-electron chi connectivity index (χ1n) is 5.47. The fourth-order valence-electron chi connectivity index (χ4n) is 1.75. The Hall–Kier alpha value is -0.840. The lowest BCUT2D eigenvalue weighted by Crippen LogP contribution is -2.45. The average Bonchev–Trinajstić information content (AvgIpc) is 2.26. The van der Waals surface area contributed by atoms with E-state index < -0.39 is 0 Å². The molecule has 5 heteroatoms. The molecule has 0 radical (unpaired) electrons. The standard InChI is InChI=1S/C10H19N3OS/c1-2-5-12-9(14)8-3-6-13(7-4-8)10(11)15/h8H,2-7H2,1H3,(H2,11,15)(H,12,14). The maximum absolute atomic E-state index is 11.6. The van der Waals surface area contributed by atoms with Gasteiger partial charge in [0.15, 0.2) is 5.11 Å². The Labute approximate surface area is 96.2 Å². The molecule has 0 unspecified atom stereocenters. The van der Waals surface area contributed by atoms with Crippen LogP contribution in [-0.4, -0.2) is 35.6 Å². The molecule has 0 spiro atoms. The van der Waals surface area contributed by atoms with E-state index in [9.17, 15) is 4.79 Å². The van der Waals surface area contributed by atoms with Crippen molar-refractivity contribution in [1.29, 1.82) is 0 Å². The molecule has 15 heavy (non-hydrogen) atoms. The van der Waals surface area contributed by atoms with Gasteiger partial charge >= 0.3 is 0 Å². The summed E-state index contributed by atoms with van der Waals surface area (Å²) in [6.07, 6.45) is 2.69. The summed E-state index contributed by atoms with van der Waals surface area (Å²) < 4.78 is 0. The molecule has 1 heterocycles. The Kier molecular flexibility index (Phi) is 4.81. The molecular weight excluding hydrogens is 210 g/mol. The molecule has 1 aliphatic rings. The summed E-state index contributed by atoms with van der Waals surface area (Å²) in [5, 5.41) is 3.37. The number of hydrogen-bond donors (Lipinski definition) is 2. The van der Waals surface area contributed by atoms with Crippen LogP contribution in [0.4, 0.5) is 0 Å². The highest BCUT2D eigenvalue weighted by atomic mass is 32.1. The van der Waals surface area contributed by atoms with Crippen molar-refractivity contribution in [3.8, 4) is 0 Å². The summed E-state index contributed by atoms with van der Waals surface area (Å²) in [7, 11) is 0. The van der Waals surface area contributed by atoms with Gasteiger partial charge in [0.05, 0.1) is 0 Å². The summed E-state index contributed by atoms with van der Waals surface area (Å²) in [5.74, 6) is 0.321. The van der Waals surface area contributed by atoms with Crippen LogP contribution < -0.4 is 11.1 Å². The molecule has 1 rings (SSSR count). The fourth-order valence-corrected chi connectivity index (χ4v) is 1.94. The highest BCUT2D eigenvalue weighted by molar-refractivity contribution is 7.80. The number of nitrogens with one attached hydrogen (secondary N) is 1. The van der Waals surface area contributed by atoms with Crippen LogP contribution >= 0.6 is 12.2 Å². The van der Waals surface area contributed by atoms with Crippen molar-refractivity contribution in [2.24, 2.45) is 11.7 Å². The number of piperidine rings is 1. The molecule has 86 valence electrons. The third kappa shape index (κ3) is 3.66. The van der Waals surface area contributed by atoms with Gasteiger partial charge in [-0.15, -0.1) is 0 Å². The van der Waals surface area contributed by atoms with E-state index in [2.05, 4.69) is 12.2 Å². The van der Waals surface area contributed by atoms with Crippen LogP contribution in [-0.2, 0) is 4.79 Å². The van der Waals surface area contributed by atoms with Gasteiger partial charge in [0.25, 0.3) is 0 Å². The molecular formula is C10H19N3OS. The molecule has 0 aromatic heterocycles. The van der Waals surface area contributed by atoms with Crippen LogP contribution in [0.25, 0.3) is 0 Å². The van der Waals surface area contributed by atoms with Crippen molar-refractivity contribution in [2.75, 3.05) is 19.6 Å². The minimum absolute atomic E-state index is 0.141. The number of amides is 1. The molecule has 1 saturated heterocycles. The number of thiocarbonyl (C=S) groups is 1. The van der Waals surface area contributed by atoms with Gasteiger partial charge in [-0.25, -0.2) is 0 Å². The van der Waals surface area contributed by atoms with E-state index in [1.54, 1.807) is 0 Å². The zero-order chi connectivity index (χ0) is 11.3. The number of hydrogen-bond acceptors (Lipinski definition) is 2. The number of rotatable bonds is 3. The molecule has 0 aliphatic carbocycles. The first-order chi connectivity index (χ1) is 7.15. The van der Waals surface area contributed by atoms with Crippen molar-refractivity contribution in [2.45, 2.75) is 26.2 Å². The average molecular weight is 229 g/mol. The Morgan fingerprint density at radius 2 is 2.13 bits per heavy atom. The lowest BCUT2D eigenvalue weighted by molar-refractivity contribution is -0.126. The maximum Gasteiger partial charge on any atom is 0.223 e. The highest BCUT2D eigenvalue weighted by Crippen LogP contribution is 2.16. The highest BCUT2D eigenvalue weighted by Gasteiger charge is 2.24. The van der Waals surface area contributed by atoms with E-state index in [-0.39, 0.29) is 11.8 Å². The van der Waals surface area contributed by atoms with Gasteiger partial charge in [0, 0.05) is 25.6 Å². The minimum Gasteiger partial charge on any atom is -0.376 e. The van der Waals surface area contributed by atoms with Crippen molar-refractivity contribution in [3.05, 3.63) is 0 Å². The van der Waals surface area contributed by atoms with Crippen molar-refractivity contribution in [3.63, 3.8) is 0 Å². The lowest BCUT2D eigenvalue weighted by atomic mass is 9.96. The van der Waals surface area contributed by atoms with Gasteiger partial charge in [-0.3, -0.25) is 4.79 Å². The third-order valence-electron chi connectivity index (χ3n) is 2.73. The van der Waals surface area contributed by atoms with E-state index in [1.165, 1.54) is 0 Å². The zero-order valence-electron chi connectivity index (χ0n) is 9.16. The van der Waals surface area contributed by atoms with Crippen LogP contribution in [0, 0.1) is 5.92 Å². The lowest BCUT2D eigenvalue weighted by Gasteiger charge is -2.31. The smallest absolute Gasteiger partial charge is 0.223 e. The minimum atomic E-state index is 0.141. The first kappa shape index (κ1) is 12.2. The van der Waals surface area contributed by atoms with E-state index >= 15 is 0 Å². The summed E-state index contributed by atoms with van der Waals surface area (Å²) in [4.78, 5) is 13.6. The van der Waals surface area contributed by atoms with Gasteiger partial charge in [-0.2, -0.15) is 0 Å². The Balaban J connectivity index is 2.30. The summed E-state index contributed by atoms with van der Waals surface area (Å²) in [6.45, 7) is 4.43. The number of likely N-dealkylation sites (tertiary alicyclic amines) is 1. The van der Waals surface area contributed by atoms with Crippen LogP contribution in [0.5, 0.6) is 0 Å². The molecule has 0 saturated carbocycles. The number of carbonyl (C=O) groups excluding carboxylic acids is 1. The van der Waals surface area contributed by atoms with Crippen LogP contribution in [0.2, 0.25) is 0 Å². The quantitative estimate of drug-likeness (QED) is 0.691. The second-order valence-electron chi connectivity index (χ2n) is 3.89. The number of nitrogens with zero attached hydrogens (tertiary/aromatic N) is 1. The zero-order valence-corrected chi connectivity index (χ0v) is 9.98. The first-order valence-corrected chi connectivity index (χ1v) is 5.88. The van der Waals surface area contributed by atoms with Crippen molar-refractivity contribution < 1.29 is 4.79 Å². The summed E-state index contributed by atoms with van der Waals surface area (Å²) in [5.41, 5.74) is 5.53. The summed E-state index contributed by atoms with van der Waals surface area (Å²) >= 11 is 4.89. The van der Waals surface area contributed by atoms with E-state index in [0.717, 1.165) is 38.9 Å². The maximum atomic E-state index is 11.6. The Morgan fingerprint density at radius 1 is 1.53 bits per heavy atom. The molecule has 1 fully saturated rings. The second kappa shape index (κ2) is 5.90. The normalized spacial score (nSPS) is 17.5. The molecule has 0 aromatic carbocycles. The van der Waals surface area contributed by atoms with Gasteiger partial charge in [-0.1, -0.05) is 6.92 Å². The predicted molar refractivity (Wildman–Crippen MR) is 64.4 cm³/mol. The topological polar surface area (TPSA) is 58.4 Å². The Morgan fingerprint density at radius 3 is 2.60 bits per heavy atom. The van der Waals surface area contributed by atoms with Crippen LogP contribution in [0.1, 0.15) is 26.2 Å². The molecule has 0 aromatic rings. The fraction of sp³-hybridized carbons (Fsp3) is 0.800. The van der Waals surface area contributed by atoms with Crippen LogP contribution in [0.3, 0.4) is 0 Å². The van der Waals surface area contributed by atoms with Crippen molar-refractivity contribution in [1.82, 2.24) is 10.2 Å². The van der Waals surface area contributed by atoms with Gasteiger partial charge in [0.2, 0.25) is 5.91 Å². The van der Waals surface area contributed by atoms with E-state index in [4.69, 9.17) is 18.0 Å². The molecule has 0 atom stereocenters.